The van der Waals surface area contributed by atoms with Crippen molar-refractivity contribution >= 4 is 28.2 Å². The molecule has 1 aliphatic heterocycles. The first-order valence-electron chi connectivity index (χ1n) is 10.7. The number of hydrogen-bond donors (Lipinski definition) is 1. The van der Waals surface area contributed by atoms with Crippen LogP contribution in [0.3, 0.4) is 0 Å². The van der Waals surface area contributed by atoms with Gasteiger partial charge < -0.3 is 19.4 Å². The second kappa shape index (κ2) is 8.83. The molecule has 174 valence electrons. The minimum atomic E-state index is -4.65. The number of nitrogens with one attached hydrogen (secondary N) is 1. The molecule has 4 aromatic rings. The van der Waals surface area contributed by atoms with Gasteiger partial charge in [0.05, 0.1) is 41.8 Å². The van der Waals surface area contributed by atoms with E-state index in [0.717, 1.165) is 6.07 Å². The second-order valence-corrected chi connectivity index (χ2v) is 7.83. The van der Waals surface area contributed by atoms with E-state index in [1.165, 1.54) is 18.4 Å². The van der Waals surface area contributed by atoms with Crippen LogP contribution in [0.2, 0.25) is 0 Å². The van der Waals surface area contributed by atoms with Crippen LogP contribution in [-0.2, 0) is 10.9 Å². The van der Waals surface area contributed by atoms with Crippen molar-refractivity contribution in [2.75, 3.05) is 36.5 Å². The van der Waals surface area contributed by atoms with E-state index in [9.17, 15) is 18.0 Å². The van der Waals surface area contributed by atoms with E-state index in [0.29, 0.717) is 54.3 Å². The third-order valence-corrected chi connectivity index (χ3v) is 5.67. The number of furan rings is 1. The molecule has 1 aliphatic rings. The first-order valence-corrected chi connectivity index (χ1v) is 10.7. The second-order valence-electron chi connectivity index (χ2n) is 7.83. The number of alkyl halides is 3. The highest BCUT2D eigenvalue weighted by Crippen LogP contribution is 2.38. The summed E-state index contributed by atoms with van der Waals surface area (Å²) in [4.78, 5) is 19.6. The fourth-order valence-electron chi connectivity index (χ4n) is 4.00. The predicted octanol–water partition coefficient (Wildman–Crippen LogP) is 5.60. The van der Waals surface area contributed by atoms with E-state index in [-0.39, 0.29) is 11.3 Å². The van der Waals surface area contributed by atoms with Crippen molar-refractivity contribution < 1.29 is 27.1 Å². The van der Waals surface area contributed by atoms with E-state index in [1.807, 2.05) is 4.90 Å². The Morgan fingerprint density at radius 3 is 2.53 bits per heavy atom. The molecule has 0 bridgehead atoms. The van der Waals surface area contributed by atoms with E-state index < -0.39 is 17.6 Å². The van der Waals surface area contributed by atoms with Crippen molar-refractivity contribution in [2.45, 2.75) is 6.18 Å². The van der Waals surface area contributed by atoms with Gasteiger partial charge in [0, 0.05) is 24.2 Å². The molecule has 0 saturated carbocycles. The van der Waals surface area contributed by atoms with E-state index in [2.05, 4.69) is 10.3 Å². The van der Waals surface area contributed by atoms with Crippen LogP contribution >= 0.6 is 0 Å². The lowest BCUT2D eigenvalue weighted by Crippen LogP contribution is -2.36. The number of ether oxygens (including phenoxy) is 1. The zero-order valence-corrected chi connectivity index (χ0v) is 17.9. The topological polar surface area (TPSA) is 67.6 Å². The Morgan fingerprint density at radius 1 is 1.00 bits per heavy atom. The number of carbonyl (C=O) groups is 1. The minimum absolute atomic E-state index is 0.197. The van der Waals surface area contributed by atoms with Gasteiger partial charge in [0.25, 0.3) is 5.91 Å². The van der Waals surface area contributed by atoms with Crippen LogP contribution in [0.15, 0.2) is 71.3 Å². The number of amides is 1. The maximum absolute atomic E-state index is 13.9. The summed E-state index contributed by atoms with van der Waals surface area (Å²) in [5, 5.41) is 2.99. The number of morpholine rings is 1. The molecule has 1 N–H and O–H groups in total. The fourth-order valence-corrected chi connectivity index (χ4v) is 4.00. The molecular weight excluding hydrogens is 447 g/mol. The maximum Gasteiger partial charge on any atom is 0.418 e. The van der Waals surface area contributed by atoms with Crippen LogP contribution in [-0.4, -0.2) is 37.2 Å². The van der Waals surface area contributed by atoms with E-state index >= 15 is 0 Å². The SMILES string of the molecule is O=C(Nc1ccc(N2CCOCC2)cc1C(F)(F)F)c1cc(-c2ccco2)nc2ccccc12. The largest absolute Gasteiger partial charge is 0.463 e. The number of aromatic nitrogens is 1. The molecule has 0 atom stereocenters. The number of halogens is 3. The van der Waals surface area contributed by atoms with Crippen molar-refractivity contribution in [3.63, 3.8) is 0 Å². The molecular formula is C25H20F3N3O3. The summed E-state index contributed by atoms with van der Waals surface area (Å²) in [5.74, 6) is -0.221. The third kappa shape index (κ3) is 4.34. The summed E-state index contributed by atoms with van der Waals surface area (Å²) in [7, 11) is 0. The number of hydrogen-bond acceptors (Lipinski definition) is 5. The van der Waals surface area contributed by atoms with Gasteiger partial charge in [-0.1, -0.05) is 18.2 Å². The Labute approximate surface area is 193 Å². The third-order valence-electron chi connectivity index (χ3n) is 5.67. The highest BCUT2D eigenvalue weighted by Gasteiger charge is 2.35. The average Bonchev–Trinajstić information content (AvgIpc) is 3.38. The number of nitrogens with zero attached hydrogens (tertiary/aromatic N) is 2. The van der Waals surface area contributed by atoms with Gasteiger partial charge in [-0.15, -0.1) is 0 Å². The van der Waals surface area contributed by atoms with Gasteiger partial charge in [0.2, 0.25) is 0 Å². The first kappa shape index (κ1) is 22.0. The summed E-state index contributed by atoms with van der Waals surface area (Å²) >= 11 is 0. The van der Waals surface area contributed by atoms with Gasteiger partial charge >= 0.3 is 6.18 Å². The molecule has 0 radical (unpaired) electrons. The van der Waals surface area contributed by atoms with Crippen LogP contribution < -0.4 is 10.2 Å². The molecule has 0 unspecified atom stereocenters. The van der Waals surface area contributed by atoms with Gasteiger partial charge in [0.1, 0.15) is 5.69 Å². The zero-order chi connectivity index (χ0) is 23.7. The lowest BCUT2D eigenvalue weighted by atomic mass is 10.0. The Balaban J connectivity index is 1.53. The summed E-state index contributed by atoms with van der Waals surface area (Å²) < 4.78 is 52.5. The van der Waals surface area contributed by atoms with Gasteiger partial charge in [-0.25, -0.2) is 4.98 Å². The lowest BCUT2D eigenvalue weighted by Gasteiger charge is -2.29. The van der Waals surface area contributed by atoms with Gasteiger partial charge in [-0.3, -0.25) is 4.79 Å². The van der Waals surface area contributed by atoms with Gasteiger partial charge in [-0.05, 0) is 42.5 Å². The van der Waals surface area contributed by atoms with Crippen LogP contribution in [0.1, 0.15) is 15.9 Å². The Hall–Kier alpha value is -3.85. The molecule has 5 rings (SSSR count). The summed E-state index contributed by atoms with van der Waals surface area (Å²) in [5.41, 5.74) is 0.350. The number of pyridine rings is 1. The lowest BCUT2D eigenvalue weighted by molar-refractivity contribution is -0.136. The molecule has 1 amide bonds. The quantitative estimate of drug-likeness (QED) is 0.423. The molecule has 3 heterocycles. The van der Waals surface area contributed by atoms with Crippen molar-refractivity contribution in [3.05, 3.63) is 78.1 Å². The van der Waals surface area contributed by atoms with Gasteiger partial charge in [-0.2, -0.15) is 13.2 Å². The number of rotatable bonds is 4. The van der Waals surface area contributed by atoms with Crippen LogP contribution in [0.4, 0.5) is 24.5 Å². The minimum Gasteiger partial charge on any atom is -0.463 e. The number of carbonyl (C=O) groups excluding carboxylic acids is 1. The van der Waals surface area contributed by atoms with Crippen LogP contribution in [0.25, 0.3) is 22.4 Å². The predicted molar refractivity (Wildman–Crippen MR) is 122 cm³/mol. The normalized spacial score (nSPS) is 14.4. The Bertz CT molecular complexity index is 1330. The van der Waals surface area contributed by atoms with Crippen molar-refractivity contribution in [1.29, 1.82) is 0 Å². The molecule has 6 nitrogen and oxygen atoms in total. The summed E-state index contributed by atoms with van der Waals surface area (Å²) in [6.07, 6.45) is -3.16. The van der Waals surface area contributed by atoms with Crippen molar-refractivity contribution in [1.82, 2.24) is 4.98 Å². The molecule has 1 fully saturated rings. The molecule has 0 spiro atoms. The molecule has 34 heavy (non-hydrogen) atoms. The molecule has 2 aromatic carbocycles. The Morgan fingerprint density at radius 2 is 1.79 bits per heavy atom. The highest BCUT2D eigenvalue weighted by molar-refractivity contribution is 6.13. The summed E-state index contributed by atoms with van der Waals surface area (Å²) in [6, 6.07) is 15.8. The van der Waals surface area contributed by atoms with Gasteiger partial charge in [0.15, 0.2) is 5.76 Å². The standard InChI is InChI=1S/C25H20F3N3O3/c26-25(27,28)19-14-16(31-9-12-33-13-10-31)7-8-21(19)30-24(32)18-15-22(23-6-3-11-34-23)29-20-5-2-1-4-17(18)20/h1-8,11,14-15H,9-10,12-13H2,(H,30,32). The Kier molecular flexibility index (Phi) is 5.70. The fraction of sp³-hybridized carbons (Fsp3) is 0.200. The average molecular weight is 467 g/mol. The molecule has 9 heteroatoms. The zero-order valence-electron chi connectivity index (χ0n) is 17.9. The number of anilines is 2. The van der Waals surface area contributed by atoms with E-state index in [4.69, 9.17) is 9.15 Å². The monoisotopic (exact) mass is 467 g/mol. The number of para-hydroxylation sites is 1. The first-order chi connectivity index (χ1) is 16.4. The van der Waals surface area contributed by atoms with Crippen LogP contribution in [0.5, 0.6) is 0 Å². The van der Waals surface area contributed by atoms with Crippen molar-refractivity contribution in [2.24, 2.45) is 0 Å². The van der Waals surface area contributed by atoms with E-state index in [1.54, 1.807) is 42.5 Å². The highest BCUT2D eigenvalue weighted by atomic mass is 19.4. The molecule has 2 aromatic heterocycles. The van der Waals surface area contributed by atoms with Crippen LogP contribution in [0, 0.1) is 0 Å². The van der Waals surface area contributed by atoms with Crippen molar-refractivity contribution in [3.8, 4) is 11.5 Å². The number of fused-ring (bicyclic) bond motifs is 1. The summed E-state index contributed by atoms with van der Waals surface area (Å²) in [6.45, 7) is 1.91. The smallest absolute Gasteiger partial charge is 0.418 e. The molecule has 1 saturated heterocycles. The number of benzene rings is 2. The maximum atomic E-state index is 13.9. The molecule has 0 aliphatic carbocycles.